The van der Waals surface area contributed by atoms with Gasteiger partial charge in [0.25, 0.3) is 0 Å². The standard InChI is InChI=1S/C59H38O/c1-59(2)52-28-13-11-26-49(52)56-47-32-33-48-40-21-12-14-29-53(40)60-58(48)51(47)34-50(57(56)59)39-30-31-46(38-20-6-5-19-37(38)39)55-44-24-9-7-22-42(44)54(43-23-8-10-25-45(43)55)41-27-15-17-35-16-3-4-18-36(35)41/h3-34H,1-2H3. The zero-order valence-corrected chi connectivity index (χ0v) is 33.4. The van der Waals surface area contributed by atoms with Gasteiger partial charge in [0.05, 0.1) is 0 Å². The molecule has 280 valence electrons. The van der Waals surface area contributed by atoms with E-state index in [-0.39, 0.29) is 5.41 Å². The summed E-state index contributed by atoms with van der Waals surface area (Å²) in [5.41, 5.74) is 14.6. The van der Waals surface area contributed by atoms with Gasteiger partial charge in [-0.05, 0) is 122 Å². The van der Waals surface area contributed by atoms with Crippen molar-refractivity contribution in [3.63, 3.8) is 0 Å². The van der Waals surface area contributed by atoms with Crippen LogP contribution < -0.4 is 0 Å². The molecule has 0 saturated heterocycles. The van der Waals surface area contributed by atoms with E-state index in [4.69, 9.17) is 4.42 Å². The fourth-order valence-electron chi connectivity index (χ4n) is 11.1. The van der Waals surface area contributed by atoms with Crippen molar-refractivity contribution in [3.05, 3.63) is 205 Å². The van der Waals surface area contributed by atoms with Gasteiger partial charge in [0.1, 0.15) is 11.2 Å². The first kappa shape index (κ1) is 33.5. The van der Waals surface area contributed by atoms with Crippen LogP contribution in [0.15, 0.2) is 199 Å². The summed E-state index contributed by atoms with van der Waals surface area (Å²) in [6, 6.07) is 71.9. The number of fused-ring (bicyclic) bond motifs is 13. The zero-order chi connectivity index (χ0) is 39.7. The minimum absolute atomic E-state index is 0.220. The van der Waals surface area contributed by atoms with Crippen LogP contribution in [-0.2, 0) is 5.41 Å². The Kier molecular flexibility index (Phi) is 6.85. The van der Waals surface area contributed by atoms with Crippen molar-refractivity contribution in [1.29, 1.82) is 0 Å². The molecule has 0 bridgehead atoms. The number of para-hydroxylation sites is 1. The molecule has 1 aromatic heterocycles. The van der Waals surface area contributed by atoms with Crippen molar-refractivity contribution in [2.24, 2.45) is 0 Å². The van der Waals surface area contributed by atoms with Crippen LogP contribution in [0.4, 0.5) is 0 Å². The summed E-state index contributed by atoms with van der Waals surface area (Å²) in [6.07, 6.45) is 0. The minimum atomic E-state index is -0.220. The van der Waals surface area contributed by atoms with E-state index < -0.39 is 0 Å². The monoisotopic (exact) mass is 762 g/mol. The van der Waals surface area contributed by atoms with E-state index in [0.29, 0.717) is 0 Å². The van der Waals surface area contributed by atoms with Crippen LogP contribution in [0.3, 0.4) is 0 Å². The third-order valence-electron chi connectivity index (χ3n) is 13.6. The van der Waals surface area contributed by atoms with E-state index in [2.05, 4.69) is 208 Å². The van der Waals surface area contributed by atoms with E-state index in [0.717, 1.165) is 27.3 Å². The first-order chi connectivity index (χ1) is 29.6. The SMILES string of the molecule is CC1(C)c2ccccc2-c2c1c(-c1ccc(-c3c4ccccc4c(-c4cccc5ccccc45)c4ccccc34)c3ccccc13)cc1c2ccc2c3ccccc3oc12. The van der Waals surface area contributed by atoms with Crippen molar-refractivity contribution in [2.45, 2.75) is 19.3 Å². The van der Waals surface area contributed by atoms with Crippen LogP contribution >= 0.6 is 0 Å². The highest BCUT2D eigenvalue weighted by molar-refractivity contribution is 6.26. The normalized spacial score (nSPS) is 13.3. The number of furan rings is 1. The molecule has 60 heavy (non-hydrogen) atoms. The van der Waals surface area contributed by atoms with Gasteiger partial charge in [0.15, 0.2) is 0 Å². The third-order valence-corrected chi connectivity index (χ3v) is 13.6. The highest BCUT2D eigenvalue weighted by Gasteiger charge is 2.39. The average Bonchev–Trinajstić information content (AvgIpc) is 3.80. The Labute approximate surface area is 347 Å². The van der Waals surface area contributed by atoms with E-state index in [1.807, 2.05) is 0 Å². The summed E-state index contributed by atoms with van der Waals surface area (Å²) in [7, 11) is 0. The molecule has 0 aliphatic heterocycles. The van der Waals surface area contributed by atoms with Crippen molar-refractivity contribution < 1.29 is 4.42 Å². The van der Waals surface area contributed by atoms with Gasteiger partial charge in [-0.25, -0.2) is 0 Å². The van der Waals surface area contributed by atoms with Gasteiger partial charge in [-0.1, -0.05) is 190 Å². The summed E-state index contributed by atoms with van der Waals surface area (Å²) < 4.78 is 6.77. The Morgan fingerprint density at radius 1 is 0.317 bits per heavy atom. The lowest BCUT2D eigenvalue weighted by Gasteiger charge is -2.26. The van der Waals surface area contributed by atoms with Crippen molar-refractivity contribution in [1.82, 2.24) is 0 Å². The molecule has 0 atom stereocenters. The van der Waals surface area contributed by atoms with E-state index in [9.17, 15) is 0 Å². The molecule has 0 saturated carbocycles. The molecule has 0 fully saturated rings. The molecule has 1 aliphatic carbocycles. The molecule has 0 N–H and O–H groups in total. The number of benzene rings is 11. The van der Waals surface area contributed by atoms with Gasteiger partial charge in [-0.15, -0.1) is 0 Å². The number of hydrogen-bond donors (Lipinski definition) is 0. The average molecular weight is 763 g/mol. The maximum Gasteiger partial charge on any atom is 0.143 e. The molecule has 0 radical (unpaired) electrons. The van der Waals surface area contributed by atoms with E-state index >= 15 is 0 Å². The second-order valence-electron chi connectivity index (χ2n) is 17.1. The quantitative estimate of drug-likeness (QED) is 0.163. The summed E-state index contributed by atoms with van der Waals surface area (Å²) in [6.45, 7) is 4.80. The van der Waals surface area contributed by atoms with Crippen molar-refractivity contribution >= 4 is 75.8 Å². The Morgan fingerprint density at radius 2 is 0.800 bits per heavy atom. The molecule has 11 aromatic carbocycles. The molecule has 13 rings (SSSR count). The summed E-state index contributed by atoms with van der Waals surface area (Å²) in [5, 5.41) is 14.7. The van der Waals surface area contributed by atoms with Gasteiger partial charge in [-0.3, -0.25) is 0 Å². The molecular formula is C59H38O. The number of rotatable bonds is 3. The molecular weight excluding hydrogens is 725 g/mol. The lowest BCUT2D eigenvalue weighted by atomic mass is 9.76. The summed E-state index contributed by atoms with van der Waals surface area (Å²) in [5.74, 6) is 0. The topological polar surface area (TPSA) is 13.1 Å². The molecule has 1 aliphatic rings. The molecule has 1 heterocycles. The lowest BCUT2D eigenvalue weighted by Crippen LogP contribution is -2.16. The Morgan fingerprint density at radius 3 is 1.52 bits per heavy atom. The third kappa shape index (κ3) is 4.47. The van der Waals surface area contributed by atoms with Gasteiger partial charge < -0.3 is 4.42 Å². The maximum atomic E-state index is 6.77. The summed E-state index contributed by atoms with van der Waals surface area (Å²) in [4.78, 5) is 0. The van der Waals surface area contributed by atoms with Gasteiger partial charge >= 0.3 is 0 Å². The molecule has 1 nitrogen and oxygen atoms in total. The van der Waals surface area contributed by atoms with Crippen molar-refractivity contribution in [3.8, 4) is 44.5 Å². The van der Waals surface area contributed by atoms with Crippen LogP contribution in [0.25, 0.3) is 120 Å². The van der Waals surface area contributed by atoms with E-state index in [1.54, 1.807) is 0 Å². The Bertz CT molecular complexity index is 3740. The van der Waals surface area contributed by atoms with Crippen molar-refractivity contribution in [2.75, 3.05) is 0 Å². The van der Waals surface area contributed by atoms with Crippen LogP contribution in [0.5, 0.6) is 0 Å². The fourth-order valence-corrected chi connectivity index (χ4v) is 11.1. The molecule has 0 unspecified atom stereocenters. The second kappa shape index (κ2) is 12.3. The minimum Gasteiger partial charge on any atom is -0.455 e. The highest BCUT2D eigenvalue weighted by Crippen LogP contribution is 2.57. The first-order valence-electron chi connectivity index (χ1n) is 21.0. The Hall–Kier alpha value is -7.48. The molecule has 0 amide bonds. The lowest BCUT2D eigenvalue weighted by molar-refractivity contribution is 0.662. The largest absolute Gasteiger partial charge is 0.455 e. The van der Waals surface area contributed by atoms with E-state index in [1.165, 1.54) is 104 Å². The van der Waals surface area contributed by atoms with Crippen LogP contribution in [0, 0.1) is 0 Å². The van der Waals surface area contributed by atoms with Gasteiger partial charge in [0, 0.05) is 21.6 Å². The molecule has 0 spiro atoms. The smallest absolute Gasteiger partial charge is 0.143 e. The van der Waals surface area contributed by atoms with Crippen LogP contribution in [-0.4, -0.2) is 0 Å². The first-order valence-corrected chi connectivity index (χ1v) is 21.0. The number of hydrogen-bond acceptors (Lipinski definition) is 1. The fraction of sp³-hybridized carbons (Fsp3) is 0.0508. The highest BCUT2D eigenvalue weighted by atomic mass is 16.3. The predicted octanol–water partition coefficient (Wildman–Crippen LogP) is 16.7. The predicted molar refractivity (Wildman–Crippen MR) is 255 cm³/mol. The van der Waals surface area contributed by atoms with Gasteiger partial charge in [0.2, 0.25) is 0 Å². The van der Waals surface area contributed by atoms with Gasteiger partial charge in [-0.2, -0.15) is 0 Å². The maximum absolute atomic E-state index is 6.77. The van der Waals surface area contributed by atoms with Crippen LogP contribution in [0.2, 0.25) is 0 Å². The Balaban J connectivity index is 1.13. The second-order valence-corrected chi connectivity index (χ2v) is 17.1. The summed E-state index contributed by atoms with van der Waals surface area (Å²) >= 11 is 0. The zero-order valence-electron chi connectivity index (χ0n) is 33.4. The van der Waals surface area contributed by atoms with Crippen LogP contribution in [0.1, 0.15) is 25.0 Å². The molecule has 12 aromatic rings. The molecule has 1 heteroatoms.